The number of benzene rings is 2. The van der Waals surface area contributed by atoms with Crippen molar-refractivity contribution < 1.29 is 41.9 Å². The van der Waals surface area contributed by atoms with Crippen LogP contribution in [-0.4, -0.2) is 48.0 Å². The van der Waals surface area contributed by atoms with Gasteiger partial charge < -0.3 is 19.4 Å². The lowest BCUT2D eigenvalue weighted by Gasteiger charge is -2.28. The molecule has 4 heterocycles. The molecule has 2 aromatic carbocycles. The maximum absolute atomic E-state index is 15.2. The number of ketones is 1. The Morgan fingerprint density at radius 3 is 2.49 bits per heavy atom. The predicted molar refractivity (Wildman–Crippen MR) is 128 cm³/mol. The van der Waals surface area contributed by atoms with Gasteiger partial charge in [0.15, 0.2) is 17.3 Å². The lowest BCUT2D eigenvalue weighted by Crippen LogP contribution is -2.46. The molecular weight excluding hydrogens is 516 g/mol. The average Bonchev–Trinajstić information content (AvgIpc) is 3.58. The van der Waals surface area contributed by atoms with E-state index in [-0.39, 0.29) is 54.2 Å². The lowest BCUT2D eigenvalue weighted by atomic mass is 9.82. The number of amides is 4. The van der Waals surface area contributed by atoms with Crippen LogP contribution in [0.15, 0.2) is 34.7 Å². The maximum Gasteiger partial charge on any atom is 0.257 e. The summed E-state index contributed by atoms with van der Waals surface area (Å²) in [5.41, 5.74) is -3.08. The molecule has 0 bridgehead atoms. The van der Waals surface area contributed by atoms with E-state index in [0.29, 0.717) is 10.9 Å². The summed E-state index contributed by atoms with van der Waals surface area (Å²) in [6.45, 7) is 1.07. The van der Waals surface area contributed by atoms with E-state index in [1.165, 1.54) is 37.1 Å². The topological polar surface area (TPSA) is 135 Å². The highest BCUT2D eigenvalue weighted by Crippen LogP contribution is 2.41. The number of nitrogens with zero attached hydrogens (tertiary/aromatic N) is 1. The van der Waals surface area contributed by atoms with Gasteiger partial charge in [0.05, 0.1) is 25.5 Å². The first-order valence-corrected chi connectivity index (χ1v) is 12.0. The van der Waals surface area contributed by atoms with Crippen molar-refractivity contribution in [3.05, 3.63) is 64.4 Å². The highest BCUT2D eigenvalue weighted by molar-refractivity contribution is 6.11. The fraction of sp³-hybridized carbons (Fsp3) is 0.296. The number of rotatable bonds is 5. The van der Waals surface area contributed by atoms with Crippen molar-refractivity contribution in [3.8, 4) is 5.75 Å². The minimum atomic E-state index is -1.67. The van der Waals surface area contributed by atoms with Gasteiger partial charge in [-0.15, -0.1) is 0 Å². The van der Waals surface area contributed by atoms with Crippen LogP contribution in [0.3, 0.4) is 0 Å². The summed E-state index contributed by atoms with van der Waals surface area (Å²) in [4.78, 5) is 64.3. The molecule has 2 N–H and O–H groups in total. The standard InChI is InChI=1S/C27H21F2N3O7/c1-26(18(33)8-20(34)31-26)14-5-13-6-19(39-17(13)7-15(14)28)27(9-21(35)30-25(27)37)11-32-10-12-3-4-16(38-2)23(29)22(12)24(32)36/h3-7H,8-11H2,1-2H3,(H,31,34)(H,30,35,37)/t26-,27-/m1/s1. The van der Waals surface area contributed by atoms with Gasteiger partial charge in [-0.1, -0.05) is 6.07 Å². The van der Waals surface area contributed by atoms with Crippen molar-refractivity contribution in [1.29, 1.82) is 0 Å². The second-order valence-electron chi connectivity index (χ2n) is 10.2. The summed E-state index contributed by atoms with van der Waals surface area (Å²) < 4.78 is 40.9. The minimum absolute atomic E-state index is 0.00820. The Morgan fingerprint density at radius 1 is 1.08 bits per heavy atom. The Morgan fingerprint density at radius 2 is 1.85 bits per heavy atom. The van der Waals surface area contributed by atoms with Crippen LogP contribution in [0.25, 0.3) is 11.0 Å². The first-order chi connectivity index (χ1) is 18.5. The summed E-state index contributed by atoms with van der Waals surface area (Å²) in [7, 11) is 1.28. The Kier molecular flexibility index (Phi) is 5.19. The molecule has 3 aromatic rings. The molecule has 10 nitrogen and oxygen atoms in total. The van der Waals surface area contributed by atoms with E-state index >= 15 is 4.39 Å². The largest absolute Gasteiger partial charge is 0.494 e. The van der Waals surface area contributed by atoms with E-state index in [9.17, 15) is 28.4 Å². The molecule has 0 aliphatic carbocycles. The highest BCUT2D eigenvalue weighted by atomic mass is 19.1. The van der Waals surface area contributed by atoms with Crippen LogP contribution in [0.2, 0.25) is 0 Å². The molecule has 0 radical (unpaired) electrons. The van der Waals surface area contributed by atoms with Crippen molar-refractivity contribution in [2.24, 2.45) is 0 Å². The third kappa shape index (κ3) is 3.47. The molecule has 6 rings (SSSR count). The van der Waals surface area contributed by atoms with Crippen LogP contribution in [-0.2, 0) is 36.7 Å². The summed E-state index contributed by atoms with van der Waals surface area (Å²) in [5.74, 6) is -4.77. The minimum Gasteiger partial charge on any atom is -0.494 e. The number of hydrogen-bond acceptors (Lipinski definition) is 7. The van der Waals surface area contributed by atoms with Crippen LogP contribution >= 0.6 is 0 Å². The third-order valence-electron chi connectivity index (χ3n) is 7.77. The normalized spacial score (nSPS) is 24.5. The Hall–Kier alpha value is -4.61. The molecule has 2 saturated heterocycles. The summed E-state index contributed by atoms with van der Waals surface area (Å²) in [6.07, 6.45) is -0.742. The quantitative estimate of drug-likeness (QED) is 0.375. The Bertz CT molecular complexity index is 1660. The van der Waals surface area contributed by atoms with E-state index in [4.69, 9.17) is 9.15 Å². The number of carbonyl (C=O) groups is 5. The van der Waals surface area contributed by atoms with Gasteiger partial charge >= 0.3 is 0 Å². The van der Waals surface area contributed by atoms with Gasteiger partial charge in [0.2, 0.25) is 17.7 Å². The van der Waals surface area contributed by atoms with E-state index in [1.807, 2.05) is 0 Å². The van der Waals surface area contributed by atoms with Gasteiger partial charge in [-0.05, 0) is 30.7 Å². The zero-order valence-electron chi connectivity index (χ0n) is 20.8. The Labute approximate surface area is 219 Å². The SMILES string of the molecule is COc1ccc2c(c1F)C(=O)N(C[C@@]1(c3cc4cc([C@@]5(C)NC(=O)CC5=O)c(F)cc4o3)CC(=O)NC1=O)C2. The molecule has 12 heteroatoms. The fourth-order valence-electron chi connectivity index (χ4n) is 5.67. The number of carbonyl (C=O) groups excluding carboxylic acids is 5. The molecular formula is C27H21F2N3O7. The number of Topliss-reactive ketones (excluding diaryl/α,β-unsaturated/α-hetero) is 1. The molecule has 0 spiro atoms. The van der Waals surface area contributed by atoms with Crippen molar-refractivity contribution >= 4 is 40.4 Å². The van der Waals surface area contributed by atoms with Crippen molar-refractivity contribution in [1.82, 2.24) is 15.5 Å². The van der Waals surface area contributed by atoms with Crippen LogP contribution < -0.4 is 15.4 Å². The average molecular weight is 537 g/mol. The van der Waals surface area contributed by atoms with Gasteiger partial charge in [-0.25, -0.2) is 8.78 Å². The van der Waals surface area contributed by atoms with Gasteiger partial charge in [0.25, 0.3) is 5.91 Å². The van der Waals surface area contributed by atoms with Crippen LogP contribution in [0.4, 0.5) is 8.78 Å². The van der Waals surface area contributed by atoms with Gasteiger partial charge in [0.1, 0.15) is 28.1 Å². The molecule has 39 heavy (non-hydrogen) atoms. The number of imide groups is 1. The van der Waals surface area contributed by atoms with E-state index in [1.54, 1.807) is 6.07 Å². The van der Waals surface area contributed by atoms with E-state index in [0.717, 1.165) is 6.07 Å². The van der Waals surface area contributed by atoms with Gasteiger partial charge in [-0.3, -0.25) is 29.3 Å². The number of furan rings is 1. The lowest BCUT2D eigenvalue weighted by molar-refractivity contribution is -0.127. The van der Waals surface area contributed by atoms with Crippen LogP contribution in [0, 0.1) is 11.6 Å². The zero-order valence-corrected chi connectivity index (χ0v) is 20.8. The number of hydrogen-bond donors (Lipinski definition) is 2. The van der Waals surface area contributed by atoms with Crippen LogP contribution in [0.1, 0.15) is 47.0 Å². The highest BCUT2D eigenvalue weighted by Gasteiger charge is 2.53. The monoisotopic (exact) mass is 537 g/mol. The molecule has 2 atom stereocenters. The molecule has 4 amide bonds. The molecule has 2 fully saturated rings. The molecule has 3 aliphatic heterocycles. The second kappa shape index (κ2) is 8.19. The van der Waals surface area contributed by atoms with Crippen molar-refractivity contribution in [2.75, 3.05) is 13.7 Å². The molecule has 200 valence electrons. The number of nitrogens with one attached hydrogen (secondary N) is 2. The molecule has 0 saturated carbocycles. The summed E-state index contributed by atoms with van der Waals surface area (Å²) in [6, 6.07) is 6.78. The van der Waals surface area contributed by atoms with Gasteiger partial charge in [-0.2, -0.15) is 0 Å². The van der Waals surface area contributed by atoms with Crippen LogP contribution in [0.5, 0.6) is 5.75 Å². The summed E-state index contributed by atoms with van der Waals surface area (Å²) in [5, 5.41) is 5.06. The molecule has 1 aromatic heterocycles. The number of methoxy groups -OCH3 is 1. The molecule has 3 aliphatic rings. The number of ether oxygens (including phenoxy) is 1. The number of halogens is 2. The first-order valence-electron chi connectivity index (χ1n) is 12.0. The van der Waals surface area contributed by atoms with E-state index < -0.39 is 52.0 Å². The Balaban J connectivity index is 1.41. The zero-order chi connectivity index (χ0) is 27.9. The maximum atomic E-state index is 15.2. The molecule has 0 unspecified atom stereocenters. The smallest absolute Gasteiger partial charge is 0.257 e. The first kappa shape index (κ1) is 24.7. The summed E-state index contributed by atoms with van der Waals surface area (Å²) >= 11 is 0. The number of fused-ring (bicyclic) bond motifs is 2. The van der Waals surface area contributed by atoms with Crippen molar-refractivity contribution in [3.63, 3.8) is 0 Å². The van der Waals surface area contributed by atoms with Gasteiger partial charge in [0, 0.05) is 30.1 Å². The van der Waals surface area contributed by atoms with Crippen molar-refractivity contribution in [2.45, 2.75) is 37.3 Å². The second-order valence-corrected chi connectivity index (χ2v) is 10.2. The predicted octanol–water partition coefficient (Wildman–Crippen LogP) is 1.96. The third-order valence-corrected chi connectivity index (χ3v) is 7.77. The van der Waals surface area contributed by atoms with E-state index in [2.05, 4.69) is 10.6 Å². The fourth-order valence-corrected chi connectivity index (χ4v) is 5.67.